The molecule has 0 saturated heterocycles. The molecule has 7 heteroatoms. The highest BCUT2D eigenvalue weighted by Crippen LogP contribution is 2.40. The van der Waals surface area contributed by atoms with Crippen molar-refractivity contribution in [2.45, 2.75) is 0 Å². The van der Waals surface area contributed by atoms with Crippen molar-refractivity contribution >= 4 is 61.9 Å². The second-order valence-electron chi connectivity index (χ2n) is 3.63. The Kier molecular flexibility index (Phi) is 3.02. The van der Waals surface area contributed by atoms with E-state index in [1.807, 2.05) is 18.3 Å². The van der Waals surface area contributed by atoms with Gasteiger partial charge in [0.1, 0.15) is 15.8 Å². The zero-order valence-corrected chi connectivity index (χ0v) is 12.7. The Balaban J connectivity index is 2.30. The minimum absolute atomic E-state index is 0.554. The summed E-state index contributed by atoms with van der Waals surface area (Å²) in [6.07, 6.45) is 1.83. The lowest BCUT2D eigenvalue weighted by molar-refractivity contribution is 1.20. The third-order valence-corrected chi connectivity index (χ3v) is 5.29. The summed E-state index contributed by atoms with van der Waals surface area (Å²) < 4.78 is 3.28. The van der Waals surface area contributed by atoms with Crippen LogP contribution in [-0.4, -0.2) is 9.38 Å². The molecule has 0 radical (unpaired) electrons. The van der Waals surface area contributed by atoms with Gasteiger partial charge in [-0.15, -0.1) is 11.3 Å². The van der Waals surface area contributed by atoms with Gasteiger partial charge in [0.2, 0.25) is 0 Å². The average Bonchev–Trinajstić information content (AvgIpc) is 2.83. The minimum atomic E-state index is 0.554. The van der Waals surface area contributed by atoms with Crippen molar-refractivity contribution in [3.05, 3.63) is 38.2 Å². The molecule has 3 nitrogen and oxygen atoms in total. The normalized spacial score (nSPS) is 11.3. The summed E-state index contributed by atoms with van der Waals surface area (Å²) in [5, 5.41) is 0.567. The summed E-state index contributed by atoms with van der Waals surface area (Å²) in [5.41, 5.74) is 7.43. The Morgan fingerprint density at radius 2 is 2.17 bits per heavy atom. The van der Waals surface area contributed by atoms with Crippen LogP contribution in [-0.2, 0) is 0 Å². The number of halogens is 3. The van der Waals surface area contributed by atoms with E-state index in [2.05, 4.69) is 20.9 Å². The van der Waals surface area contributed by atoms with Crippen LogP contribution >= 0.6 is 50.5 Å². The lowest BCUT2D eigenvalue weighted by Gasteiger charge is -1.96. The number of thiophene rings is 1. The highest BCUT2D eigenvalue weighted by atomic mass is 79.9. The maximum atomic E-state index is 6.10. The number of nitrogens with two attached hydrogens (primary N) is 1. The van der Waals surface area contributed by atoms with E-state index in [-0.39, 0.29) is 0 Å². The van der Waals surface area contributed by atoms with Gasteiger partial charge in [0.15, 0.2) is 5.65 Å². The number of hydrogen-bond acceptors (Lipinski definition) is 3. The van der Waals surface area contributed by atoms with Crippen LogP contribution in [0.15, 0.2) is 28.9 Å². The summed E-state index contributed by atoms with van der Waals surface area (Å²) >= 11 is 16.9. The maximum Gasteiger partial charge on any atom is 0.158 e. The van der Waals surface area contributed by atoms with Crippen molar-refractivity contribution in [2.24, 2.45) is 0 Å². The average molecular weight is 363 g/mol. The molecule has 0 unspecified atom stereocenters. The zero-order valence-electron chi connectivity index (χ0n) is 8.82. The monoisotopic (exact) mass is 361 g/mol. The molecule has 92 valence electrons. The number of pyridine rings is 1. The quantitative estimate of drug-likeness (QED) is 0.680. The van der Waals surface area contributed by atoms with Gasteiger partial charge in [-0.1, -0.05) is 23.2 Å². The van der Waals surface area contributed by atoms with Gasteiger partial charge in [-0.05, 0) is 34.1 Å². The number of fused-ring (bicyclic) bond motifs is 1. The first-order chi connectivity index (χ1) is 8.58. The van der Waals surface area contributed by atoms with Gasteiger partial charge < -0.3 is 5.73 Å². The second kappa shape index (κ2) is 4.42. The van der Waals surface area contributed by atoms with Gasteiger partial charge in [-0.2, -0.15) is 0 Å². The molecule has 0 bridgehead atoms. The maximum absolute atomic E-state index is 6.10. The summed E-state index contributed by atoms with van der Waals surface area (Å²) in [6.45, 7) is 0. The summed E-state index contributed by atoms with van der Waals surface area (Å²) in [7, 11) is 0. The molecule has 0 aliphatic carbocycles. The third kappa shape index (κ3) is 1.82. The molecule has 0 saturated carbocycles. The molecule has 3 rings (SSSR count). The van der Waals surface area contributed by atoms with Crippen LogP contribution in [0.25, 0.3) is 16.2 Å². The predicted molar refractivity (Wildman–Crippen MR) is 80.6 cm³/mol. The number of aromatic nitrogens is 2. The standard InChI is InChI=1S/C11H6BrCl2N3S/c12-5-4-7(18-9(5)14)8-10(15)17-3-1-2-6(13)11(17)16-8/h1-4H,15H2. The summed E-state index contributed by atoms with van der Waals surface area (Å²) in [4.78, 5) is 5.38. The number of nitrogens with zero attached hydrogens (tertiary/aromatic N) is 2. The number of imidazole rings is 1. The fourth-order valence-corrected chi connectivity index (χ4v) is 3.60. The van der Waals surface area contributed by atoms with Crippen LogP contribution < -0.4 is 5.73 Å². The van der Waals surface area contributed by atoms with Crippen molar-refractivity contribution in [1.82, 2.24) is 9.38 Å². The zero-order chi connectivity index (χ0) is 12.9. The lowest BCUT2D eigenvalue weighted by Crippen LogP contribution is -1.93. The smallest absolute Gasteiger partial charge is 0.158 e. The first-order valence-corrected chi connectivity index (χ1v) is 7.31. The van der Waals surface area contributed by atoms with Gasteiger partial charge in [0.05, 0.1) is 9.90 Å². The van der Waals surface area contributed by atoms with Gasteiger partial charge in [0, 0.05) is 10.7 Å². The van der Waals surface area contributed by atoms with Crippen molar-refractivity contribution < 1.29 is 0 Å². The van der Waals surface area contributed by atoms with E-state index in [4.69, 9.17) is 28.9 Å². The molecule has 0 aliphatic heterocycles. The van der Waals surface area contributed by atoms with Gasteiger partial charge in [0.25, 0.3) is 0 Å². The van der Waals surface area contributed by atoms with Crippen LogP contribution in [0.2, 0.25) is 9.36 Å². The van der Waals surface area contributed by atoms with Crippen molar-refractivity contribution in [3.63, 3.8) is 0 Å². The molecule has 3 aromatic rings. The highest BCUT2D eigenvalue weighted by Gasteiger charge is 2.16. The van der Waals surface area contributed by atoms with E-state index in [0.29, 0.717) is 26.5 Å². The van der Waals surface area contributed by atoms with Gasteiger partial charge in [-0.25, -0.2) is 4.98 Å². The Bertz CT molecular complexity index is 731. The molecule has 0 fully saturated rings. The third-order valence-electron chi connectivity index (χ3n) is 2.52. The molecule has 0 aliphatic rings. The van der Waals surface area contributed by atoms with Crippen molar-refractivity contribution in [2.75, 3.05) is 5.73 Å². The van der Waals surface area contributed by atoms with E-state index in [0.717, 1.165) is 9.35 Å². The molecule has 3 aromatic heterocycles. The van der Waals surface area contributed by atoms with Crippen LogP contribution in [0.5, 0.6) is 0 Å². The predicted octanol–water partition coefficient (Wildman–Crippen LogP) is 4.71. The summed E-state index contributed by atoms with van der Waals surface area (Å²) in [6, 6.07) is 5.51. The molecule has 0 aromatic carbocycles. The van der Waals surface area contributed by atoms with Crippen molar-refractivity contribution in [1.29, 1.82) is 0 Å². The second-order valence-corrected chi connectivity index (χ2v) is 6.54. The Morgan fingerprint density at radius 3 is 2.78 bits per heavy atom. The van der Waals surface area contributed by atoms with E-state index in [1.54, 1.807) is 10.5 Å². The number of rotatable bonds is 1. The molecule has 2 N–H and O–H groups in total. The first kappa shape index (κ1) is 12.3. The lowest BCUT2D eigenvalue weighted by atomic mass is 10.3. The Hall–Kier alpha value is -0.750. The van der Waals surface area contributed by atoms with E-state index in [1.165, 1.54) is 11.3 Å². The minimum Gasteiger partial charge on any atom is -0.383 e. The van der Waals surface area contributed by atoms with Crippen LogP contribution in [0, 0.1) is 0 Å². The first-order valence-electron chi connectivity index (χ1n) is 4.95. The van der Waals surface area contributed by atoms with Crippen molar-refractivity contribution in [3.8, 4) is 10.6 Å². The number of nitrogen functional groups attached to an aromatic ring is 1. The van der Waals surface area contributed by atoms with E-state index >= 15 is 0 Å². The molecule has 0 spiro atoms. The number of anilines is 1. The molecule has 3 heterocycles. The van der Waals surface area contributed by atoms with Gasteiger partial charge in [-0.3, -0.25) is 4.40 Å². The summed E-state index contributed by atoms with van der Waals surface area (Å²) in [5.74, 6) is 0.554. The molecular weight excluding hydrogens is 357 g/mol. The van der Waals surface area contributed by atoms with E-state index < -0.39 is 0 Å². The fourth-order valence-electron chi connectivity index (χ4n) is 1.70. The Labute approximate surface area is 125 Å². The Morgan fingerprint density at radius 1 is 1.39 bits per heavy atom. The molecule has 0 atom stereocenters. The molecule has 18 heavy (non-hydrogen) atoms. The van der Waals surface area contributed by atoms with Crippen LogP contribution in [0.3, 0.4) is 0 Å². The highest BCUT2D eigenvalue weighted by molar-refractivity contribution is 9.10. The van der Waals surface area contributed by atoms with Crippen LogP contribution in [0.1, 0.15) is 0 Å². The topological polar surface area (TPSA) is 43.3 Å². The molecule has 0 amide bonds. The largest absolute Gasteiger partial charge is 0.383 e. The fraction of sp³-hybridized carbons (Fsp3) is 0. The SMILES string of the molecule is Nc1c(-c2cc(Br)c(Cl)s2)nc2c(Cl)cccn12. The number of hydrogen-bond donors (Lipinski definition) is 1. The van der Waals surface area contributed by atoms with E-state index in [9.17, 15) is 0 Å². The van der Waals surface area contributed by atoms with Gasteiger partial charge >= 0.3 is 0 Å². The molecular formula is C11H6BrCl2N3S. The van der Waals surface area contributed by atoms with Crippen LogP contribution in [0.4, 0.5) is 5.82 Å².